The molecule has 0 N–H and O–H groups in total. The summed E-state index contributed by atoms with van der Waals surface area (Å²) in [7, 11) is 1.22. The van der Waals surface area contributed by atoms with Crippen LogP contribution in [-0.2, 0) is 20.7 Å². The lowest BCUT2D eigenvalue weighted by Crippen LogP contribution is -2.37. The van der Waals surface area contributed by atoms with Crippen LogP contribution < -0.4 is 4.90 Å². The van der Waals surface area contributed by atoms with Crippen molar-refractivity contribution in [2.24, 2.45) is 0 Å². The summed E-state index contributed by atoms with van der Waals surface area (Å²) in [6.07, 6.45) is -0.0927. The molecule has 1 amide bonds. The number of benzene rings is 2. The van der Waals surface area contributed by atoms with Crippen molar-refractivity contribution < 1.29 is 23.2 Å². The molecule has 0 fully saturated rings. The van der Waals surface area contributed by atoms with Gasteiger partial charge >= 0.3 is 5.97 Å². The zero-order chi connectivity index (χ0) is 17.8. The lowest BCUT2D eigenvalue weighted by Gasteiger charge is -2.21. The Morgan fingerprint density at radius 2 is 2.00 bits per heavy atom. The summed E-state index contributed by atoms with van der Waals surface area (Å²) in [5.74, 6) is -1.54. The maximum atomic E-state index is 13.5. The lowest BCUT2D eigenvalue weighted by atomic mass is 10.1. The van der Waals surface area contributed by atoms with Crippen LogP contribution in [0.5, 0.6) is 0 Å². The van der Waals surface area contributed by atoms with Gasteiger partial charge in [-0.05, 0) is 30.3 Å². The van der Waals surface area contributed by atoms with Gasteiger partial charge in [0.1, 0.15) is 18.1 Å². The van der Waals surface area contributed by atoms with E-state index in [1.807, 2.05) is 6.07 Å². The van der Waals surface area contributed by atoms with E-state index in [1.165, 1.54) is 30.2 Å². The number of hydrogen-bond acceptors (Lipinski definition) is 5. The minimum absolute atomic E-state index is 0.0927. The fourth-order valence-corrected chi connectivity index (χ4v) is 2.47. The predicted octanol–water partition coefficient (Wildman–Crippen LogP) is 2.72. The van der Waals surface area contributed by atoms with Crippen LogP contribution in [0.2, 0.25) is 0 Å². The molecule has 0 spiro atoms. The summed E-state index contributed by atoms with van der Waals surface area (Å²) in [4.78, 5) is 25.6. The van der Waals surface area contributed by atoms with Crippen LogP contribution in [0, 0.1) is 5.82 Å². The number of nitrogens with zero attached hydrogens (tertiary/aromatic N) is 2. The van der Waals surface area contributed by atoms with Gasteiger partial charge in [0, 0.05) is 11.1 Å². The highest BCUT2D eigenvalue weighted by Crippen LogP contribution is 2.21. The van der Waals surface area contributed by atoms with Crippen LogP contribution in [0.25, 0.3) is 11.0 Å². The van der Waals surface area contributed by atoms with Crippen molar-refractivity contribution in [3.8, 4) is 0 Å². The van der Waals surface area contributed by atoms with Gasteiger partial charge in [-0.2, -0.15) is 0 Å². The first-order valence-electron chi connectivity index (χ1n) is 7.54. The molecule has 6 nitrogen and oxygen atoms in total. The molecule has 0 aliphatic rings. The van der Waals surface area contributed by atoms with E-state index in [2.05, 4.69) is 9.89 Å². The molecule has 0 unspecified atom stereocenters. The van der Waals surface area contributed by atoms with Gasteiger partial charge in [0.25, 0.3) is 0 Å². The lowest BCUT2D eigenvalue weighted by molar-refractivity contribution is -0.140. The van der Waals surface area contributed by atoms with Crippen molar-refractivity contribution in [2.75, 3.05) is 18.6 Å². The van der Waals surface area contributed by atoms with Crippen LogP contribution in [0.1, 0.15) is 5.69 Å². The molecule has 7 heteroatoms. The summed E-state index contributed by atoms with van der Waals surface area (Å²) in [6, 6.07) is 12.6. The Labute approximate surface area is 142 Å². The summed E-state index contributed by atoms with van der Waals surface area (Å²) >= 11 is 0. The number of aromatic nitrogens is 1. The smallest absolute Gasteiger partial charge is 0.325 e. The molecule has 1 heterocycles. The summed E-state index contributed by atoms with van der Waals surface area (Å²) < 4.78 is 23.3. The molecule has 0 radical (unpaired) electrons. The molecule has 2 aromatic carbocycles. The molecule has 128 valence electrons. The number of anilines is 1. The first-order valence-corrected chi connectivity index (χ1v) is 7.54. The molecule has 25 heavy (non-hydrogen) atoms. The topological polar surface area (TPSA) is 72.6 Å². The number of carbonyl (C=O) groups excluding carboxylic acids is 2. The van der Waals surface area contributed by atoms with E-state index in [1.54, 1.807) is 24.3 Å². The summed E-state index contributed by atoms with van der Waals surface area (Å²) in [5, 5.41) is 4.63. The van der Waals surface area contributed by atoms with Crippen molar-refractivity contribution in [1.29, 1.82) is 0 Å². The van der Waals surface area contributed by atoms with E-state index in [-0.39, 0.29) is 18.7 Å². The quantitative estimate of drug-likeness (QED) is 0.667. The highest BCUT2D eigenvalue weighted by Gasteiger charge is 2.22. The highest BCUT2D eigenvalue weighted by atomic mass is 19.1. The Hall–Kier alpha value is -3.22. The van der Waals surface area contributed by atoms with Crippen LogP contribution in [-0.4, -0.2) is 30.7 Å². The minimum atomic E-state index is -0.609. The summed E-state index contributed by atoms with van der Waals surface area (Å²) in [5.41, 5.74) is 1.28. The Bertz CT molecular complexity index is 922. The van der Waals surface area contributed by atoms with E-state index in [0.717, 1.165) is 0 Å². The van der Waals surface area contributed by atoms with Crippen molar-refractivity contribution in [3.05, 3.63) is 60.0 Å². The number of rotatable bonds is 5. The van der Waals surface area contributed by atoms with Crippen molar-refractivity contribution in [3.63, 3.8) is 0 Å². The number of carbonyl (C=O) groups is 2. The van der Waals surface area contributed by atoms with Crippen LogP contribution in [0.15, 0.2) is 53.1 Å². The Kier molecular flexibility index (Phi) is 4.74. The van der Waals surface area contributed by atoms with Gasteiger partial charge in [-0.15, -0.1) is 0 Å². The van der Waals surface area contributed by atoms with Gasteiger partial charge in [0.05, 0.1) is 13.5 Å². The second-order valence-corrected chi connectivity index (χ2v) is 5.34. The highest BCUT2D eigenvalue weighted by molar-refractivity contribution is 6.00. The second-order valence-electron chi connectivity index (χ2n) is 5.34. The normalized spacial score (nSPS) is 10.6. The molecule has 0 bridgehead atoms. The maximum Gasteiger partial charge on any atom is 0.325 e. The fraction of sp³-hybridized carbons (Fsp3) is 0.167. The first-order chi connectivity index (χ1) is 12.1. The average Bonchev–Trinajstić information content (AvgIpc) is 3.02. The third kappa shape index (κ3) is 3.65. The number of hydrogen-bond donors (Lipinski definition) is 0. The van der Waals surface area contributed by atoms with Gasteiger partial charge in [-0.25, -0.2) is 4.39 Å². The van der Waals surface area contributed by atoms with Crippen LogP contribution in [0.4, 0.5) is 10.1 Å². The van der Waals surface area contributed by atoms with E-state index >= 15 is 0 Å². The fourth-order valence-electron chi connectivity index (χ4n) is 2.47. The first kappa shape index (κ1) is 16.6. The zero-order valence-corrected chi connectivity index (χ0v) is 13.4. The molecule has 3 rings (SSSR count). The van der Waals surface area contributed by atoms with Gasteiger partial charge < -0.3 is 14.2 Å². The monoisotopic (exact) mass is 342 g/mol. The molecule has 0 aliphatic carbocycles. The van der Waals surface area contributed by atoms with E-state index in [4.69, 9.17) is 4.52 Å². The molecule has 0 saturated carbocycles. The van der Waals surface area contributed by atoms with Crippen molar-refractivity contribution in [2.45, 2.75) is 6.42 Å². The predicted molar refractivity (Wildman–Crippen MR) is 88.5 cm³/mol. The van der Waals surface area contributed by atoms with Crippen LogP contribution >= 0.6 is 0 Å². The third-order valence-electron chi connectivity index (χ3n) is 3.71. The van der Waals surface area contributed by atoms with Gasteiger partial charge in [0.2, 0.25) is 5.91 Å². The Morgan fingerprint density at radius 3 is 2.76 bits per heavy atom. The van der Waals surface area contributed by atoms with E-state index < -0.39 is 17.7 Å². The van der Waals surface area contributed by atoms with Gasteiger partial charge in [-0.1, -0.05) is 23.4 Å². The zero-order valence-electron chi connectivity index (χ0n) is 13.4. The molecule has 3 aromatic rings. The number of amides is 1. The van der Waals surface area contributed by atoms with Gasteiger partial charge in [0.15, 0.2) is 5.58 Å². The van der Waals surface area contributed by atoms with Crippen molar-refractivity contribution in [1.82, 2.24) is 5.16 Å². The largest absolute Gasteiger partial charge is 0.468 e. The number of halogens is 1. The average molecular weight is 342 g/mol. The third-order valence-corrected chi connectivity index (χ3v) is 3.71. The number of methoxy groups -OCH3 is 1. The standard InChI is InChI=1S/C18H15FN2O4/c1-24-18(23)11-21(13-6-4-5-12(19)9-13)17(22)10-15-14-7-2-3-8-16(14)25-20-15/h2-9H,10-11H2,1H3. The second kappa shape index (κ2) is 7.12. The Morgan fingerprint density at radius 1 is 1.20 bits per heavy atom. The maximum absolute atomic E-state index is 13.5. The molecular weight excluding hydrogens is 327 g/mol. The van der Waals surface area contributed by atoms with E-state index in [0.29, 0.717) is 16.7 Å². The van der Waals surface area contributed by atoms with Gasteiger partial charge in [-0.3, -0.25) is 9.59 Å². The Balaban J connectivity index is 1.89. The number of ether oxygens (including phenoxy) is 1. The number of esters is 1. The molecule has 0 aliphatic heterocycles. The molecule has 0 saturated heterocycles. The van der Waals surface area contributed by atoms with Crippen LogP contribution in [0.3, 0.4) is 0 Å². The molecule has 0 atom stereocenters. The molecular formula is C18H15FN2O4. The summed E-state index contributed by atoms with van der Waals surface area (Å²) in [6.45, 7) is -0.325. The number of fused-ring (bicyclic) bond motifs is 1. The minimum Gasteiger partial charge on any atom is -0.468 e. The number of para-hydroxylation sites is 1. The SMILES string of the molecule is COC(=O)CN(C(=O)Cc1noc2ccccc12)c1cccc(F)c1. The molecule has 1 aromatic heterocycles. The van der Waals surface area contributed by atoms with E-state index in [9.17, 15) is 14.0 Å². The van der Waals surface area contributed by atoms with Crippen molar-refractivity contribution >= 4 is 28.5 Å².